The monoisotopic (exact) mass is 409 g/mol. The Morgan fingerprint density at radius 2 is 1.77 bits per heavy atom. The van der Waals surface area contributed by atoms with Gasteiger partial charge >= 0.3 is 5.97 Å². The van der Waals surface area contributed by atoms with Crippen LogP contribution < -0.4 is 5.73 Å². The van der Waals surface area contributed by atoms with Gasteiger partial charge in [0.2, 0.25) is 0 Å². The van der Waals surface area contributed by atoms with E-state index in [9.17, 15) is 4.79 Å². The Morgan fingerprint density at radius 1 is 1.14 bits per heavy atom. The van der Waals surface area contributed by atoms with Gasteiger partial charge in [0.15, 0.2) is 0 Å². The first-order chi connectivity index (χ1) is 10.5. The smallest absolute Gasteiger partial charge is 0.326 e. The summed E-state index contributed by atoms with van der Waals surface area (Å²) in [5.41, 5.74) is 7.64. The third-order valence-electron chi connectivity index (χ3n) is 3.75. The molecule has 0 aliphatic carbocycles. The van der Waals surface area contributed by atoms with Crippen LogP contribution in [0.25, 0.3) is 0 Å². The lowest BCUT2D eigenvalue weighted by molar-refractivity contribution is -0.147. The second kappa shape index (κ2) is 7.74. The van der Waals surface area contributed by atoms with Gasteiger partial charge in [-0.3, -0.25) is 4.79 Å². The maximum Gasteiger partial charge on any atom is 0.326 e. The zero-order chi connectivity index (χ0) is 16.0. The van der Waals surface area contributed by atoms with Crippen LogP contribution in [0.2, 0.25) is 0 Å². The zero-order valence-corrected chi connectivity index (χ0v) is 14.7. The molecule has 1 atom stereocenters. The first-order valence-corrected chi connectivity index (χ1v) is 8.28. The summed E-state index contributed by atoms with van der Waals surface area (Å²) in [4.78, 5) is 12.2. The molecule has 22 heavy (non-hydrogen) atoms. The van der Waals surface area contributed by atoms with E-state index in [2.05, 4.69) is 34.7 Å². The molecular weight excluding hydrogens is 389 g/mol. The Balaban J connectivity index is 2.15. The van der Waals surface area contributed by atoms with Crippen LogP contribution in [0.1, 0.15) is 17.5 Å². The molecule has 0 amide bonds. The van der Waals surface area contributed by atoms with Crippen LogP contribution in [0.4, 0.5) is 0 Å². The van der Waals surface area contributed by atoms with Crippen LogP contribution in [-0.2, 0) is 22.4 Å². The Morgan fingerprint density at radius 3 is 2.41 bits per heavy atom. The number of carbonyl (C=O) groups excluding carboxylic acids is 1. The highest BCUT2D eigenvalue weighted by atomic mass is 127. The predicted molar refractivity (Wildman–Crippen MR) is 96.6 cm³/mol. The first kappa shape index (κ1) is 17.0. The van der Waals surface area contributed by atoms with Gasteiger partial charge < -0.3 is 10.5 Å². The number of esters is 1. The van der Waals surface area contributed by atoms with Gasteiger partial charge in [-0.2, -0.15) is 0 Å². The molecule has 4 heteroatoms. The molecule has 0 unspecified atom stereocenters. The van der Waals surface area contributed by atoms with E-state index in [0.29, 0.717) is 12.8 Å². The lowest BCUT2D eigenvalue weighted by Crippen LogP contribution is -2.51. The van der Waals surface area contributed by atoms with Crippen LogP contribution in [0, 0.1) is 3.57 Å². The molecule has 3 nitrogen and oxygen atoms in total. The van der Waals surface area contributed by atoms with E-state index in [1.807, 2.05) is 42.5 Å². The number of carbonyl (C=O) groups is 1. The fourth-order valence-corrected chi connectivity index (χ4v) is 3.14. The van der Waals surface area contributed by atoms with Gasteiger partial charge in [-0.1, -0.05) is 48.5 Å². The molecule has 116 valence electrons. The molecule has 2 aromatic rings. The Labute approximate surface area is 145 Å². The third kappa shape index (κ3) is 4.30. The molecule has 2 N–H and O–H groups in total. The van der Waals surface area contributed by atoms with E-state index in [1.54, 1.807) is 0 Å². The topological polar surface area (TPSA) is 52.3 Å². The fraction of sp³-hybridized carbons (Fsp3) is 0.278. The van der Waals surface area contributed by atoms with Crippen molar-refractivity contribution in [1.29, 1.82) is 0 Å². The minimum Gasteiger partial charge on any atom is -0.468 e. The summed E-state index contributed by atoms with van der Waals surface area (Å²) in [6.45, 7) is 0. The Bertz CT molecular complexity index is 630. The predicted octanol–water partition coefficient (Wildman–Crippen LogP) is 3.34. The number of hydrogen-bond acceptors (Lipinski definition) is 3. The second-order valence-corrected chi connectivity index (χ2v) is 6.56. The van der Waals surface area contributed by atoms with Crippen molar-refractivity contribution in [3.63, 3.8) is 0 Å². The molecule has 0 radical (unpaired) electrons. The average Bonchev–Trinajstić information content (AvgIpc) is 2.54. The number of benzene rings is 2. The Kier molecular flexibility index (Phi) is 5.97. The maximum absolute atomic E-state index is 12.2. The number of hydrogen-bond donors (Lipinski definition) is 1. The van der Waals surface area contributed by atoms with Crippen molar-refractivity contribution in [2.45, 2.75) is 24.8 Å². The van der Waals surface area contributed by atoms with Gasteiger partial charge in [0.1, 0.15) is 5.54 Å². The number of aryl methyl sites for hydroxylation is 1. The highest BCUT2D eigenvalue weighted by molar-refractivity contribution is 14.1. The summed E-state index contributed by atoms with van der Waals surface area (Å²) in [5.74, 6) is -0.359. The average molecular weight is 409 g/mol. The molecule has 0 saturated heterocycles. The summed E-state index contributed by atoms with van der Waals surface area (Å²) < 4.78 is 6.13. The van der Waals surface area contributed by atoms with Gasteiger partial charge in [0, 0.05) is 9.99 Å². The van der Waals surface area contributed by atoms with Crippen LogP contribution in [0.15, 0.2) is 54.6 Å². The van der Waals surface area contributed by atoms with Crippen LogP contribution in [0.3, 0.4) is 0 Å². The minimum atomic E-state index is -1.00. The third-order valence-corrected chi connectivity index (χ3v) is 4.80. The van der Waals surface area contributed by atoms with Crippen LogP contribution in [0.5, 0.6) is 0 Å². The number of halogens is 1. The largest absolute Gasteiger partial charge is 0.468 e. The van der Waals surface area contributed by atoms with Crippen molar-refractivity contribution < 1.29 is 9.53 Å². The van der Waals surface area contributed by atoms with Gasteiger partial charge in [-0.05, 0) is 52.6 Å². The van der Waals surface area contributed by atoms with Crippen molar-refractivity contribution >= 4 is 28.6 Å². The first-order valence-electron chi connectivity index (χ1n) is 7.20. The summed E-state index contributed by atoms with van der Waals surface area (Å²) in [7, 11) is 1.39. The van der Waals surface area contributed by atoms with Gasteiger partial charge in [0.05, 0.1) is 7.11 Å². The molecule has 2 rings (SSSR count). The molecule has 0 aliphatic rings. The zero-order valence-electron chi connectivity index (χ0n) is 12.6. The number of methoxy groups -OCH3 is 1. The van der Waals surface area contributed by atoms with Gasteiger partial charge in [-0.15, -0.1) is 0 Å². The lowest BCUT2D eigenvalue weighted by Gasteiger charge is -2.27. The molecule has 0 aliphatic heterocycles. The molecule has 0 heterocycles. The highest BCUT2D eigenvalue weighted by Gasteiger charge is 2.35. The van der Waals surface area contributed by atoms with Crippen molar-refractivity contribution in [3.05, 3.63) is 69.3 Å². The lowest BCUT2D eigenvalue weighted by atomic mass is 9.86. The molecule has 0 saturated carbocycles. The number of nitrogens with two attached hydrogens (primary N) is 1. The highest BCUT2D eigenvalue weighted by Crippen LogP contribution is 2.21. The molecule has 0 fully saturated rings. The van der Waals surface area contributed by atoms with E-state index >= 15 is 0 Å². The Hall–Kier alpha value is -1.40. The number of ether oxygens (including phenoxy) is 1. The van der Waals surface area contributed by atoms with Crippen molar-refractivity contribution in [3.8, 4) is 0 Å². The summed E-state index contributed by atoms with van der Waals surface area (Å²) in [6.07, 6.45) is 1.77. The number of rotatable bonds is 6. The van der Waals surface area contributed by atoms with Gasteiger partial charge in [0.25, 0.3) is 0 Å². The molecule has 0 spiro atoms. The quantitative estimate of drug-likeness (QED) is 0.588. The molecular formula is C18H20INO2. The molecule has 0 aromatic heterocycles. The van der Waals surface area contributed by atoms with Crippen molar-refractivity contribution in [2.75, 3.05) is 7.11 Å². The van der Waals surface area contributed by atoms with E-state index in [4.69, 9.17) is 10.5 Å². The fourth-order valence-electron chi connectivity index (χ4n) is 2.48. The van der Waals surface area contributed by atoms with E-state index in [0.717, 1.165) is 12.0 Å². The molecule has 2 aromatic carbocycles. The minimum absolute atomic E-state index is 0.359. The second-order valence-electron chi connectivity index (χ2n) is 5.40. The van der Waals surface area contributed by atoms with E-state index in [-0.39, 0.29) is 5.97 Å². The van der Waals surface area contributed by atoms with Crippen molar-refractivity contribution in [1.82, 2.24) is 0 Å². The van der Waals surface area contributed by atoms with Crippen LogP contribution >= 0.6 is 22.6 Å². The standard InChI is InChI=1S/C18H20INO2/c1-22-17(21)18(20,13-14-7-3-2-4-8-14)12-11-15-9-5-6-10-16(15)19/h2-10H,11-13,20H2,1H3/t18-/m1/s1. The van der Waals surface area contributed by atoms with E-state index < -0.39 is 5.54 Å². The van der Waals surface area contributed by atoms with Crippen LogP contribution in [-0.4, -0.2) is 18.6 Å². The van der Waals surface area contributed by atoms with E-state index in [1.165, 1.54) is 16.2 Å². The maximum atomic E-state index is 12.2. The van der Waals surface area contributed by atoms with Gasteiger partial charge in [-0.25, -0.2) is 0 Å². The van der Waals surface area contributed by atoms with Crippen molar-refractivity contribution in [2.24, 2.45) is 5.73 Å². The summed E-state index contributed by atoms with van der Waals surface area (Å²) >= 11 is 2.31. The molecule has 0 bridgehead atoms. The normalized spacial score (nSPS) is 13.4. The summed E-state index contributed by atoms with van der Waals surface area (Å²) in [5, 5.41) is 0. The SMILES string of the molecule is COC(=O)[C@@](N)(CCc1ccccc1I)Cc1ccccc1. The summed E-state index contributed by atoms with van der Waals surface area (Å²) in [6, 6.07) is 18.0.